The fourth-order valence-electron chi connectivity index (χ4n) is 2.65. The fraction of sp³-hybridized carbons (Fsp3) is 0.188. The number of nitrogen functional groups attached to an aromatic ring is 1. The predicted octanol–water partition coefficient (Wildman–Crippen LogP) is 0.890. The van der Waals surface area contributed by atoms with E-state index in [0.717, 1.165) is 11.1 Å². The van der Waals surface area contributed by atoms with Gasteiger partial charge in [0.25, 0.3) is 0 Å². The van der Waals surface area contributed by atoms with Crippen molar-refractivity contribution in [1.29, 1.82) is 5.26 Å². The Hall–Kier alpha value is -3.27. The maximum atomic E-state index is 12.0. The zero-order valence-corrected chi connectivity index (χ0v) is 12.4. The molecule has 116 valence electrons. The number of anilines is 1. The first-order valence-electron chi connectivity index (χ1n) is 6.93. The van der Waals surface area contributed by atoms with E-state index in [4.69, 9.17) is 15.7 Å². The van der Waals surface area contributed by atoms with Crippen LogP contribution in [0, 0.1) is 11.3 Å². The van der Waals surface area contributed by atoms with Crippen LogP contribution in [0.3, 0.4) is 0 Å². The first kappa shape index (κ1) is 14.7. The SMILES string of the molecule is COC(=O)c1c(N)c(C#N)cn1-c1ccc2c(c1)CNC(=O)C2. The molecule has 3 rings (SSSR count). The number of carbonyl (C=O) groups is 2. The van der Waals surface area contributed by atoms with E-state index >= 15 is 0 Å². The van der Waals surface area contributed by atoms with Gasteiger partial charge < -0.3 is 20.4 Å². The highest BCUT2D eigenvalue weighted by Crippen LogP contribution is 2.26. The molecule has 0 saturated heterocycles. The molecule has 3 N–H and O–H groups in total. The van der Waals surface area contributed by atoms with Crippen molar-refractivity contribution in [2.24, 2.45) is 0 Å². The third-order valence-electron chi connectivity index (χ3n) is 3.84. The van der Waals surface area contributed by atoms with Crippen LogP contribution >= 0.6 is 0 Å². The van der Waals surface area contributed by atoms with Crippen LogP contribution in [-0.2, 0) is 22.5 Å². The number of nitrogens with one attached hydrogen (secondary N) is 1. The highest BCUT2D eigenvalue weighted by molar-refractivity contribution is 5.96. The summed E-state index contributed by atoms with van der Waals surface area (Å²) < 4.78 is 6.30. The van der Waals surface area contributed by atoms with E-state index in [-0.39, 0.29) is 22.9 Å². The van der Waals surface area contributed by atoms with Crippen molar-refractivity contribution in [2.75, 3.05) is 12.8 Å². The van der Waals surface area contributed by atoms with Gasteiger partial charge in [-0.3, -0.25) is 4.79 Å². The maximum absolute atomic E-state index is 12.0. The van der Waals surface area contributed by atoms with Gasteiger partial charge in [0.1, 0.15) is 6.07 Å². The van der Waals surface area contributed by atoms with Crippen LogP contribution in [0.1, 0.15) is 27.2 Å². The summed E-state index contributed by atoms with van der Waals surface area (Å²) in [7, 11) is 1.26. The second-order valence-corrected chi connectivity index (χ2v) is 5.18. The van der Waals surface area contributed by atoms with E-state index in [9.17, 15) is 9.59 Å². The molecular weight excluding hydrogens is 296 g/mol. The molecule has 1 aliphatic heterocycles. The van der Waals surface area contributed by atoms with Gasteiger partial charge in [0.05, 0.1) is 24.8 Å². The van der Waals surface area contributed by atoms with E-state index in [1.54, 1.807) is 6.07 Å². The molecule has 0 radical (unpaired) electrons. The van der Waals surface area contributed by atoms with Crippen LogP contribution in [0.25, 0.3) is 5.69 Å². The summed E-state index contributed by atoms with van der Waals surface area (Å²) in [6.07, 6.45) is 1.83. The number of carbonyl (C=O) groups excluding carboxylic acids is 2. The Labute approximate surface area is 132 Å². The van der Waals surface area contributed by atoms with Gasteiger partial charge in [0.15, 0.2) is 5.69 Å². The number of aromatic nitrogens is 1. The molecule has 1 amide bonds. The fourth-order valence-corrected chi connectivity index (χ4v) is 2.65. The number of amides is 1. The van der Waals surface area contributed by atoms with Gasteiger partial charge in [-0.25, -0.2) is 4.79 Å². The first-order valence-corrected chi connectivity index (χ1v) is 6.93. The van der Waals surface area contributed by atoms with Crippen molar-refractivity contribution < 1.29 is 14.3 Å². The molecule has 2 heterocycles. The van der Waals surface area contributed by atoms with E-state index in [2.05, 4.69) is 5.32 Å². The largest absolute Gasteiger partial charge is 0.464 e. The van der Waals surface area contributed by atoms with E-state index in [0.29, 0.717) is 18.7 Å². The Morgan fingerprint density at radius 1 is 1.43 bits per heavy atom. The standard InChI is InChI=1S/C16H14N4O3/c1-23-16(22)15-14(18)11(6-17)8-20(15)12-3-2-9-5-13(21)19-7-10(9)4-12/h2-4,8H,5,7,18H2,1H3,(H,19,21). The molecule has 0 bridgehead atoms. The number of nitrogens with two attached hydrogens (primary N) is 1. The summed E-state index contributed by atoms with van der Waals surface area (Å²) in [4.78, 5) is 23.4. The molecule has 0 fully saturated rings. The summed E-state index contributed by atoms with van der Waals surface area (Å²) in [5.74, 6) is -0.632. The number of methoxy groups -OCH3 is 1. The monoisotopic (exact) mass is 310 g/mol. The second-order valence-electron chi connectivity index (χ2n) is 5.18. The summed E-state index contributed by atoms with van der Waals surface area (Å²) in [6.45, 7) is 0.428. The number of benzene rings is 1. The highest BCUT2D eigenvalue weighted by Gasteiger charge is 2.23. The second kappa shape index (κ2) is 5.50. The number of rotatable bonds is 2. The predicted molar refractivity (Wildman–Crippen MR) is 81.8 cm³/mol. The molecule has 1 aromatic heterocycles. The maximum Gasteiger partial charge on any atom is 0.357 e. The molecule has 0 atom stereocenters. The quantitative estimate of drug-likeness (QED) is 0.800. The summed E-state index contributed by atoms with van der Waals surface area (Å²) >= 11 is 0. The lowest BCUT2D eigenvalue weighted by Gasteiger charge is -2.18. The van der Waals surface area contributed by atoms with Gasteiger partial charge in [-0.15, -0.1) is 0 Å². The number of fused-ring (bicyclic) bond motifs is 1. The van der Waals surface area contributed by atoms with Crippen LogP contribution < -0.4 is 11.1 Å². The number of hydrogen-bond acceptors (Lipinski definition) is 5. The normalized spacial score (nSPS) is 13.0. The summed E-state index contributed by atoms with van der Waals surface area (Å²) in [5, 5.41) is 11.9. The molecule has 0 saturated carbocycles. The van der Waals surface area contributed by atoms with Gasteiger partial charge >= 0.3 is 5.97 Å². The van der Waals surface area contributed by atoms with Gasteiger partial charge in [0, 0.05) is 18.4 Å². The van der Waals surface area contributed by atoms with Crippen LogP contribution in [0.5, 0.6) is 0 Å². The first-order chi connectivity index (χ1) is 11.0. The van der Waals surface area contributed by atoms with E-state index in [1.807, 2.05) is 18.2 Å². The third kappa shape index (κ3) is 2.40. The molecule has 7 heteroatoms. The Morgan fingerprint density at radius 3 is 2.91 bits per heavy atom. The van der Waals surface area contributed by atoms with Crippen molar-refractivity contribution >= 4 is 17.6 Å². The molecule has 7 nitrogen and oxygen atoms in total. The minimum Gasteiger partial charge on any atom is -0.464 e. The number of esters is 1. The zero-order valence-electron chi connectivity index (χ0n) is 12.4. The van der Waals surface area contributed by atoms with Gasteiger partial charge in [-0.05, 0) is 23.3 Å². The Morgan fingerprint density at radius 2 is 2.22 bits per heavy atom. The number of nitriles is 1. The van der Waals surface area contributed by atoms with Crippen molar-refractivity contribution in [3.63, 3.8) is 0 Å². The minimum atomic E-state index is -0.616. The number of hydrogen-bond donors (Lipinski definition) is 2. The molecule has 23 heavy (non-hydrogen) atoms. The highest BCUT2D eigenvalue weighted by atomic mass is 16.5. The molecular formula is C16H14N4O3. The Bertz CT molecular complexity index is 861. The molecule has 0 spiro atoms. The third-order valence-corrected chi connectivity index (χ3v) is 3.84. The summed E-state index contributed by atoms with van der Waals surface area (Å²) in [6, 6.07) is 7.45. The average Bonchev–Trinajstić information content (AvgIpc) is 2.90. The number of nitrogens with zero attached hydrogens (tertiary/aromatic N) is 2. The van der Waals surface area contributed by atoms with Crippen LogP contribution in [-0.4, -0.2) is 23.6 Å². The van der Waals surface area contributed by atoms with Crippen LogP contribution in [0.15, 0.2) is 24.4 Å². The topological polar surface area (TPSA) is 110 Å². The van der Waals surface area contributed by atoms with Gasteiger partial charge in [0.2, 0.25) is 5.91 Å². The average molecular weight is 310 g/mol. The van der Waals surface area contributed by atoms with Gasteiger partial charge in [-0.1, -0.05) is 6.07 Å². The Kier molecular flexibility index (Phi) is 3.50. The minimum absolute atomic E-state index is 0.0162. The molecule has 1 aromatic carbocycles. The van der Waals surface area contributed by atoms with Crippen molar-refractivity contribution in [1.82, 2.24) is 9.88 Å². The van der Waals surface area contributed by atoms with E-state index in [1.165, 1.54) is 17.9 Å². The lowest BCUT2D eigenvalue weighted by Crippen LogP contribution is -2.30. The zero-order chi connectivity index (χ0) is 16.6. The van der Waals surface area contributed by atoms with Crippen molar-refractivity contribution in [3.05, 3.63) is 46.8 Å². The molecule has 2 aromatic rings. The van der Waals surface area contributed by atoms with Crippen LogP contribution in [0.2, 0.25) is 0 Å². The number of ether oxygens (including phenoxy) is 1. The molecule has 0 aliphatic carbocycles. The Balaban J connectivity index is 2.14. The van der Waals surface area contributed by atoms with Crippen molar-refractivity contribution in [3.8, 4) is 11.8 Å². The molecule has 0 unspecified atom stereocenters. The van der Waals surface area contributed by atoms with Crippen molar-refractivity contribution in [2.45, 2.75) is 13.0 Å². The lowest BCUT2D eigenvalue weighted by molar-refractivity contribution is -0.121. The smallest absolute Gasteiger partial charge is 0.357 e. The lowest BCUT2D eigenvalue weighted by atomic mass is 10.00. The van der Waals surface area contributed by atoms with E-state index < -0.39 is 5.97 Å². The summed E-state index contributed by atoms with van der Waals surface area (Å²) in [5.41, 5.74) is 8.87. The van der Waals surface area contributed by atoms with Crippen LogP contribution in [0.4, 0.5) is 5.69 Å². The molecule has 1 aliphatic rings. The van der Waals surface area contributed by atoms with Gasteiger partial charge in [-0.2, -0.15) is 5.26 Å².